The zero-order chi connectivity index (χ0) is 18.6. The molecule has 0 atom stereocenters. The zero-order valence-corrected chi connectivity index (χ0v) is 15.5. The molecule has 0 aromatic carbocycles. The van der Waals surface area contributed by atoms with E-state index in [4.69, 9.17) is 0 Å². The minimum absolute atomic E-state index is 0.0457. The highest BCUT2D eigenvalue weighted by Crippen LogP contribution is 2.14. The summed E-state index contributed by atoms with van der Waals surface area (Å²) in [6, 6.07) is 3.89. The lowest BCUT2D eigenvalue weighted by atomic mass is 10.1. The van der Waals surface area contributed by atoms with Crippen molar-refractivity contribution >= 4 is 21.8 Å². The number of piperazine rings is 1. The molecule has 0 bridgehead atoms. The van der Waals surface area contributed by atoms with Crippen LogP contribution >= 0.6 is 0 Å². The average molecular weight is 380 g/mol. The molecule has 1 aromatic rings. The van der Waals surface area contributed by atoms with Crippen LogP contribution in [0.2, 0.25) is 0 Å². The number of nitrogens with zero attached hydrogens (tertiary/aromatic N) is 4. The standard InChI is InChI=1S/C17H24N4O4S/c22-16-4-1-5-17(23)21(16)11-12-26(24,25)20-9-7-19(8-10-20)14-15-3-2-6-18-13-15/h2-3,6,13H,1,4-5,7-12,14H2. The van der Waals surface area contributed by atoms with Gasteiger partial charge in [0.15, 0.2) is 0 Å². The van der Waals surface area contributed by atoms with Crippen molar-refractivity contribution in [2.75, 3.05) is 38.5 Å². The molecule has 3 heterocycles. The fraction of sp³-hybridized carbons (Fsp3) is 0.588. The number of amides is 2. The maximum Gasteiger partial charge on any atom is 0.229 e. The summed E-state index contributed by atoms with van der Waals surface area (Å²) in [5.74, 6) is -0.733. The molecule has 26 heavy (non-hydrogen) atoms. The van der Waals surface area contributed by atoms with E-state index in [-0.39, 0.29) is 24.1 Å². The van der Waals surface area contributed by atoms with Gasteiger partial charge in [-0.1, -0.05) is 6.07 Å². The number of piperidine rings is 1. The molecule has 1 aromatic heterocycles. The van der Waals surface area contributed by atoms with Gasteiger partial charge in [0.2, 0.25) is 21.8 Å². The summed E-state index contributed by atoms with van der Waals surface area (Å²) in [7, 11) is -3.48. The van der Waals surface area contributed by atoms with Gasteiger partial charge < -0.3 is 0 Å². The molecule has 0 radical (unpaired) electrons. The third kappa shape index (κ3) is 4.66. The van der Waals surface area contributed by atoms with E-state index in [0.29, 0.717) is 45.4 Å². The van der Waals surface area contributed by atoms with Crippen LogP contribution in [0.4, 0.5) is 0 Å². The van der Waals surface area contributed by atoms with E-state index in [1.165, 1.54) is 4.31 Å². The van der Waals surface area contributed by atoms with Gasteiger partial charge in [-0.05, 0) is 18.1 Å². The Morgan fingerprint density at radius 3 is 2.35 bits per heavy atom. The Hall–Kier alpha value is -1.84. The Kier molecular flexibility index (Phi) is 6.00. The van der Waals surface area contributed by atoms with Gasteiger partial charge in [-0.3, -0.25) is 24.4 Å². The van der Waals surface area contributed by atoms with E-state index in [2.05, 4.69) is 9.88 Å². The maximum absolute atomic E-state index is 12.6. The third-order valence-electron chi connectivity index (χ3n) is 4.81. The van der Waals surface area contributed by atoms with Gasteiger partial charge in [0, 0.05) is 64.5 Å². The monoisotopic (exact) mass is 380 g/mol. The van der Waals surface area contributed by atoms with Crippen LogP contribution in [0.3, 0.4) is 0 Å². The summed E-state index contributed by atoms with van der Waals surface area (Å²) in [5, 5.41) is 0. The molecule has 2 amide bonds. The van der Waals surface area contributed by atoms with Crippen molar-refractivity contribution in [2.24, 2.45) is 0 Å². The first-order valence-electron chi connectivity index (χ1n) is 8.88. The lowest BCUT2D eigenvalue weighted by molar-refractivity contribution is -0.147. The van der Waals surface area contributed by atoms with Crippen LogP contribution in [0.5, 0.6) is 0 Å². The van der Waals surface area contributed by atoms with Gasteiger partial charge in [-0.15, -0.1) is 0 Å². The molecular formula is C17H24N4O4S. The molecule has 0 spiro atoms. The molecule has 8 nitrogen and oxygen atoms in total. The first-order chi connectivity index (χ1) is 12.5. The number of carbonyl (C=O) groups excluding carboxylic acids is 2. The smallest absolute Gasteiger partial charge is 0.229 e. The van der Waals surface area contributed by atoms with Crippen LogP contribution in [0, 0.1) is 0 Å². The summed E-state index contributed by atoms with van der Waals surface area (Å²) in [6.07, 6.45) is 4.74. The van der Waals surface area contributed by atoms with E-state index >= 15 is 0 Å². The van der Waals surface area contributed by atoms with Crippen LogP contribution in [0.25, 0.3) is 0 Å². The number of pyridine rings is 1. The summed E-state index contributed by atoms with van der Waals surface area (Å²) < 4.78 is 26.6. The van der Waals surface area contributed by atoms with Crippen molar-refractivity contribution in [1.82, 2.24) is 19.1 Å². The normalized spacial score (nSPS) is 20.5. The predicted molar refractivity (Wildman–Crippen MR) is 95.4 cm³/mol. The quantitative estimate of drug-likeness (QED) is 0.649. The number of imide groups is 1. The van der Waals surface area contributed by atoms with E-state index in [1.54, 1.807) is 6.20 Å². The fourth-order valence-corrected chi connectivity index (χ4v) is 4.69. The van der Waals surface area contributed by atoms with Crippen LogP contribution in [-0.4, -0.2) is 77.8 Å². The largest absolute Gasteiger partial charge is 0.296 e. The second kappa shape index (κ2) is 8.24. The van der Waals surface area contributed by atoms with Crippen molar-refractivity contribution in [3.63, 3.8) is 0 Å². The molecule has 3 rings (SSSR count). The molecule has 2 aliphatic rings. The van der Waals surface area contributed by atoms with Crippen molar-refractivity contribution in [3.8, 4) is 0 Å². The molecular weight excluding hydrogens is 356 g/mol. The van der Waals surface area contributed by atoms with Gasteiger partial charge in [0.1, 0.15) is 0 Å². The Morgan fingerprint density at radius 1 is 1.04 bits per heavy atom. The molecule has 0 unspecified atom stereocenters. The van der Waals surface area contributed by atoms with Crippen LogP contribution in [0.1, 0.15) is 24.8 Å². The average Bonchev–Trinajstić information content (AvgIpc) is 2.63. The SMILES string of the molecule is O=C1CCCC(=O)N1CCS(=O)(=O)N1CCN(Cc2cccnc2)CC1. The van der Waals surface area contributed by atoms with Crippen LogP contribution in [-0.2, 0) is 26.2 Å². The zero-order valence-electron chi connectivity index (χ0n) is 14.7. The van der Waals surface area contributed by atoms with Crippen molar-refractivity contribution < 1.29 is 18.0 Å². The first kappa shape index (κ1) is 18.9. The Bertz CT molecular complexity index is 729. The Balaban J connectivity index is 1.49. The van der Waals surface area contributed by atoms with E-state index in [1.807, 2.05) is 18.3 Å². The number of likely N-dealkylation sites (tertiary alicyclic amines) is 1. The van der Waals surface area contributed by atoms with Crippen molar-refractivity contribution in [3.05, 3.63) is 30.1 Å². The number of carbonyl (C=O) groups is 2. The highest BCUT2D eigenvalue weighted by molar-refractivity contribution is 7.89. The van der Waals surface area contributed by atoms with Crippen LogP contribution in [0.15, 0.2) is 24.5 Å². The van der Waals surface area contributed by atoms with E-state index in [0.717, 1.165) is 17.0 Å². The van der Waals surface area contributed by atoms with Crippen molar-refractivity contribution in [1.29, 1.82) is 0 Å². The Morgan fingerprint density at radius 2 is 1.73 bits per heavy atom. The van der Waals surface area contributed by atoms with Crippen molar-refractivity contribution in [2.45, 2.75) is 25.8 Å². The number of aromatic nitrogens is 1. The lowest BCUT2D eigenvalue weighted by Gasteiger charge is -2.34. The maximum atomic E-state index is 12.6. The van der Waals surface area contributed by atoms with Gasteiger partial charge in [0.05, 0.1) is 5.75 Å². The molecule has 2 saturated heterocycles. The minimum atomic E-state index is -3.48. The number of hydrogen-bond donors (Lipinski definition) is 0. The minimum Gasteiger partial charge on any atom is -0.296 e. The number of sulfonamides is 1. The van der Waals surface area contributed by atoms with Gasteiger partial charge in [-0.25, -0.2) is 8.42 Å². The second-order valence-electron chi connectivity index (χ2n) is 6.65. The topological polar surface area (TPSA) is 90.9 Å². The van der Waals surface area contributed by atoms with Crippen LogP contribution < -0.4 is 0 Å². The summed E-state index contributed by atoms with van der Waals surface area (Å²) >= 11 is 0. The molecule has 0 saturated carbocycles. The summed E-state index contributed by atoms with van der Waals surface area (Å²) in [6.45, 7) is 2.84. The molecule has 0 aliphatic carbocycles. The first-order valence-corrected chi connectivity index (χ1v) is 10.5. The summed E-state index contributed by atoms with van der Waals surface area (Å²) in [4.78, 5) is 31.0. The molecule has 142 valence electrons. The number of hydrogen-bond acceptors (Lipinski definition) is 6. The third-order valence-corrected chi connectivity index (χ3v) is 6.66. The van der Waals surface area contributed by atoms with E-state index in [9.17, 15) is 18.0 Å². The molecule has 9 heteroatoms. The number of rotatable bonds is 6. The highest BCUT2D eigenvalue weighted by Gasteiger charge is 2.31. The molecule has 2 aliphatic heterocycles. The van der Waals surface area contributed by atoms with Gasteiger partial charge >= 0.3 is 0 Å². The summed E-state index contributed by atoms with van der Waals surface area (Å²) in [5.41, 5.74) is 1.10. The molecule has 2 fully saturated rings. The lowest BCUT2D eigenvalue weighted by Crippen LogP contribution is -2.50. The van der Waals surface area contributed by atoms with Gasteiger partial charge in [0.25, 0.3) is 0 Å². The Labute approximate surface area is 153 Å². The van der Waals surface area contributed by atoms with Gasteiger partial charge in [-0.2, -0.15) is 4.31 Å². The highest BCUT2D eigenvalue weighted by atomic mass is 32.2. The fourth-order valence-electron chi connectivity index (χ4n) is 3.30. The molecule has 0 N–H and O–H groups in total. The second-order valence-corrected chi connectivity index (χ2v) is 8.73. The van der Waals surface area contributed by atoms with E-state index < -0.39 is 10.0 Å². The predicted octanol–water partition coefficient (Wildman–Crippen LogP) is 0.0681.